The highest BCUT2D eigenvalue weighted by Crippen LogP contribution is 2.31. The quantitative estimate of drug-likeness (QED) is 0.756. The number of halogens is 1. The predicted octanol–water partition coefficient (Wildman–Crippen LogP) is 4.64. The van der Waals surface area contributed by atoms with E-state index in [-0.39, 0.29) is 17.9 Å². The van der Waals surface area contributed by atoms with E-state index in [0.29, 0.717) is 16.4 Å². The van der Waals surface area contributed by atoms with Gasteiger partial charge < -0.3 is 16.0 Å². The lowest BCUT2D eigenvalue weighted by molar-refractivity contribution is -0.117. The highest BCUT2D eigenvalue weighted by molar-refractivity contribution is 6.30. The van der Waals surface area contributed by atoms with Crippen LogP contribution in [0.3, 0.4) is 0 Å². The van der Waals surface area contributed by atoms with E-state index in [1.807, 2.05) is 13.0 Å². The second-order valence-electron chi connectivity index (χ2n) is 5.88. The number of hydrogen-bond acceptors (Lipinski definition) is 2. The number of anilines is 3. The van der Waals surface area contributed by atoms with Gasteiger partial charge in [-0.25, -0.2) is 4.79 Å². The largest absolute Gasteiger partial charge is 0.326 e. The summed E-state index contributed by atoms with van der Waals surface area (Å²) in [6.45, 7) is 1.92. The third-order valence-corrected chi connectivity index (χ3v) is 4.06. The highest BCUT2D eigenvalue weighted by Gasteiger charge is 2.29. The number of aryl methyl sites for hydroxylation is 1. The Morgan fingerprint density at radius 3 is 2.25 bits per heavy atom. The van der Waals surface area contributed by atoms with Gasteiger partial charge in [-0.1, -0.05) is 17.7 Å². The van der Waals surface area contributed by atoms with Crippen LogP contribution in [0.5, 0.6) is 0 Å². The number of rotatable bonds is 4. The third-order valence-electron chi connectivity index (χ3n) is 3.80. The number of hydrogen-bond donors (Lipinski definition) is 3. The van der Waals surface area contributed by atoms with Gasteiger partial charge >= 0.3 is 6.03 Å². The fourth-order valence-electron chi connectivity index (χ4n) is 2.24. The van der Waals surface area contributed by atoms with Crippen LogP contribution >= 0.6 is 11.6 Å². The zero-order chi connectivity index (χ0) is 17.1. The van der Waals surface area contributed by atoms with Crippen molar-refractivity contribution in [3.63, 3.8) is 0 Å². The average Bonchev–Trinajstić information content (AvgIpc) is 3.38. The molecule has 1 saturated carbocycles. The molecule has 1 fully saturated rings. The van der Waals surface area contributed by atoms with E-state index in [9.17, 15) is 9.59 Å². The van der Waals surface area contributed by atoms with Crippen molar-refractivity contribution >= 4 is 40.6 Å². The minimum absolute atomic E-state index is 0.0425. The number of benzene rings is 2. The smallest absolute Gasteiger partial charge is 0.323 e. The second-order valence-corrected chi connectivity index (χ2v) is 6.32. The summed E-state index contributed by atoms with van der Waals surface area (Å²) < 4.78 is 0. The molecule has 3 amide bonds. The van der Waals surface area contributed by atoms with Crippen LogP contribution in [0.1, 0.15) is 18.4 Å². The van der Waals surface area contributed by atoms with Gasteiger partial charge in [-0.3, -0.25) is 4.79 Å². The fourth-order valence-corrected chi connectivity index (χ4v) is 2.37. The van der Waals surface area contributed by atoms with Crippen LogP contribution in [0.25, 0.3) is 0 Å². The lowest BCUT2D eigenvalue weighted by Gasteiger charge is -2.12. The van der Waals surface area contributed by atoms with E-state index in [2.05, 4.69) is 16.0 Å². The molecule has 0 spiro atoms. The molecular formula is C18H18ClN3O2. The second kappa shape index (κ2) is 6.93. The first-order chi connectivity index (χ1) is 11.5. The first-order valence-corrected chi connectivity index (χ1v) is 8.14. The van der Waals surface area contributed by atoms with Crippen LogP contribution in [0, 0.1) is 12.8 Å². The van der Waals surface area contributed by atoms with Crippen molar-refractivity contribution in [1.29, 1.82) is 0 Å². The Balaban J connectivity index is 1.64. The molecule has 2 aromatic carbocycles. The maximum Gasteiger partial charge on any atom is 0.323 e. The van der Waals surface area contributed by atoms with E-state index in [0.717, 1.165) is 24.1 Å². The van der Waals surface area contributed by atoms with Crippen LogP contribution in [-0.4, -0.2) is 11.9 Å². The summed E-state index contributed by atoms with van der Waals surface area (Å²) in [5.74, 6) is 0.176. The van der Waals surface area contributed by atoms with Gasteiger partial charge in [0.05, 0.1) is 0 Å². The molecular weight excluding hydrogens is 326 g/mol. The minimum Gasteiger partial charge on any atom is -0.326 e. The monoisotopic (exact) mass is 343 g/mol. The van der Waals surface area contributed by atoms with Crippen LogP contribution in [0.4, 0.5) is 21.9 Å². The first kappa shape index (κ1) is 16.3. The lowest BCUT2D eigenvalue weighted by Crippen LogP contribution is -2.20. The standard InChI is InChI=1S/C18H18ClN3O2/c1-11-2-7-15(10-16(11)22-17(23)12-3-4-12)21-18(24)20-14-8-5-13(19)6-9-14/h2,5-10,12H,3-4H2,1H3,(H,22,23)(H2,20,21,24). The van der Waals surface area contributed by atoms with Crippen molar-refractivity contribution < 1.29 is 9.59 Å². The van der Waals surface area contributed by atoms with Crippen molar-refractivity contribution in [2.45, 2.75) is 19.8 Å². The van der Waals surface area contributed by atoms with Gasteiger partial charge in [0.1, 0.15) is 0 Å². The highest BCUT2D eigenvalue weighted by atomic mass is 35.5. The summed E-state index contributed by atoms with van der Waals surface area (Å²) in [6, 6.07) is 11.9. The van der Waals surface area contributed by atoms with E-state index >= 15 is 0 Å². The Hall–Kier alpha value is -2.53. The normalized spacial score (nSPS) is 13.2. The first-order valence-electron chi connectivity index (χ1n) is 7.76. The number of urea groups is 1. The van der Waals surface area contributed by atoms with Gasteiger partial charge in [-0.2, -0.15) is 0 Å². The molecule has 0 aliphatic heterocycles. The molecule has 1 aliphatic rings. The van der Waals surface area contributed by atoms with Gasteiger partial charge in [-0.05, 0) is 61.7 Å². The lowest BCUT2D eigenvalue weighted by atomic mass is 10.1. The van der Waals surface area contributed by atoms with Gasteiger partial charge in [0.2, 0.25) is 5.91 Å². The molecule has 0 radical (unpaired) electrons. The van der Waals surface area contributed by atoms with Crippen molar-refractivity contribution in [2.24, 2.45) is 5.92 Å². The van der Waals surface area contributed by atoms with E-state index < -0.39 is 0 Å². The Morgan fingerprint density at radius 1 is 0.958 bits per heavy atom. The van der Waals surface area contributed by atoms with E-state index in [1.54, 1.807) is 36.4 Å². The van der Waals surface area contributed by atoms with Gasteiger partial charge in [0.15, 0.2) is 0 Å². The molecule has 0 heterocycles. The SMILES string of the molecule is Cc1ccc(NC(=O)Nc2ccc(Cl)cc2)cc1NC(=O)C1CC1. The maximum atomic E-state index is 12.1. The zero-order valence-corrected chi connectivity index (χ0v) is 14.0. The van der Waals surface area contributed by atoms with E-state index in [4.69, 9.17) is 11.6 Å². The molecule has 0 bridgehead atoms. The number of nitrogens with one attached hydrogen (secondary N) is 3. The molecule has 2 aromatic rings. The van der Waals surface area contributed by atoms with Crippen LogP contribution in [-0.2, 0) is 4.79 Å². The summed E-state index contributed by atoms with van der Waals surface area (Å²) in [5.41, 5.74) is 2.92. The van der Waals surface area contributed by atoms with Crippen LogP contribution in [0.15, 0.2) is 42.5 Å². The Labute approximate surface area is 145 Å². The molecule has 1 aliphatic carbocycles. The molecule has 124 valence electrons. The van der Waals surface area contributed by atoms with Crippen molar-refractivity contribution in [2.75, 3.05) is 16.0 Å². The maximum absolute atomic E-state index is 12.1. The van der Waals surface area contributed by atoms with Gasteiger partial charge in [0.25, 0.3) is 0 Å². The zero-order valence-electron chi connectivity index (χ0n) is 13.2. The summed E-state index contributed by atoms with van der Waals surface area (Å²) in [7, 11) is 0. The molecule has 0 aromatic heterocycles. The molecule has 0 atom stereocenters. The van der Waals surface area contributed by atoms with E-state index in [1.165, 1.54) is 0 Å². The average molecular weight is 344 g/mol. The molecule has 5 nitrogen and oxygen atoms in total. The molecule has 3 N–H and O–H groups in total. The van der Waals surface area contributed by atoms with Crippen molar-refractivity contribution in [3.05, 3.63) is 53.1 Å². The summed E-state index contributed by atoms with van der Waals surface area (Å²) in [5, 5.41) is 9.00. The van der Waals surface area contributed by atoms with Crippen molar-refractivity contribution in [1.82, 2.24) is 0 Å². The Morgan fingerprint density at radius 2 is 1.58 bits per heavy atom. The Bertz CT molecular complexity index is 770. The van der Waals surface area contributed by atoms with Crippen molar-refractivity contribution in [3.8, 4) is 0 Å². The summed E-state index contributed by atoms with van der Waals surface area (Å²) >= 11 is 5.82. The minimum atomic E-state index is -0.361. The Kier molecular flexibility index (Phi) is 4.71. The summed E-state index contributed by atoms with van der Waals surface area (Å²) in [4.78, 5) is 24.0. The molecule has 6 heteroatoms. The summed E-state index contributed by atoms with van der Waals surface area (Å²) in [6.07, 6.45) is 1.90. The number of amides is 3. The van der Waals surface area contributed by atoms with Gasteiger partial charge in [0, 0.05) is 28.0 Å². The van der Waals surface area contributed by atoms with Crippen LogP contribution in [0.2, 0.25) is 5.02 Å². The topological polar surface area (TPSA) is 70.2 Å². The third kappa shape index (κ3) is 4.26. The molecule has 3 rings (SSSR count). The number of carbonyl (C=O) groups excluding carboxylic acids is 2. The molecule has 24 heavy (non-hydrogen) atoms. The molecule has 0 unspecified atom stereocenters. The van der Waals surface area contributed by atoms with Crippen LogP contribution < -0.4 is 16.0 Å². The fraction of sp³-hybridized carbons (Fsp3) is 0.222. The predicted molar refractivity (Wildman–Crippen MR) is 96.6 cm³/mol. The molecule has 0 saturated heterocycles. The number of carbonyl (C=O) groups is 2. The van der Waals surface area contributed by atoms with Gasteiger partial charge in [-0.15, -0.1) is 0 Å².